The van der Waals surface area contributed by atoms with Gasteiger partial charge >= 0.3 is 0 Å². The number of nitrogens with one attached hydrogen (secondary N) is 1. The normalized spacial score (nSPS) is 12.5. The molecule has 0 aliphatic heterocycles. The topological polar surface area (TPSA) is 105 Å². The zero-order valence-electron chi connectivity index (χ0n) is 9.96. The number of ether oxygens (including phenoxy) is 1. The van der Waals surface area contributed by atoms with Crippen molar-refractivity contribution in [3.8, 4) is 11.8 Å². The Balaban J connectivity index is 2.73. The summed E-state index contributed by atoms with van der Waals surface area (Å²) in [6, 6.07) is 8.06. The number of nitriles is 1. The first kappa shape index (κ1) is 14.3. The summed E-state index contributed by atoms with van der Waals surface area (Å²) in [5.41, 5.74) is 5.68. The second kappa shape index (κ2) is 6.23. The maximum Gasteiger partial charge on any atom is 0.248 e. The fraction of sp³-hybridized carbons (Fsp3) is 0.364. The van der Waals surface area contributed by atoms with E-state index in [2.05, 4.69) is 4.72 Å². The van der Waals surface area contributed by atoms with Crippen LogP contribution in [0.3, 0.4) is 0 Å². The molecule has 0 spiro atoms. The minimum atomic E-state index is -3.67. The zero-order valence-corrected chi connectivity index (χ0v) is 10.8. The maximum absolute atomic E-state index is 11.6. The highest BCUT2D eigenvalue weighted by Crippen LogP contribution is 2.17. The van der Waals surface area contributed by atoms with Crippen molar-refractivity contribution in [2.24, 2.45) is 5.73 Å². The van der Waals surface area contributed by atoms with Gasteiger partial charge in [-0.3, -0.25) is 4.72 Å². The third kappa shape index (κ3) is 3.91. The van der Waals surface area contributed by atoms with Crippen molar-refractivity contribution in [1.82, 2.24) is 0 Å². The number of benzene rings is 1. The van der Waals surface area contributed by atoms with E-state index >= 15 is 0 Å². The summed E-state index contributed by atoms with van der Waals surface area (Å²) in [4.78, 5) is 0. The second-order valence-electron chi connectivity index (χ2n) is 3.58. The monoisotopic (exact) mass is 269 g/mol. The molecule has 0 aliphatic rings. The third-order valence-electron chi connectivity index (χ3n) is 2.15. The lowest BCUT2D eigenvalue weighted by Crippen LogP contribution is -2.23. The third-order valence-corrected chi connectivity index (χ3v) is 3.70. The SMILES string of the molecule is CC(C#N)S(=O)(=O)Nc1ccc(OCCN)cc1. The van der Waals surface area contributed by atoms with Gasteiger partial charge in [-0.1, -0.05) is 0 Å². The lowest BCUT2D eigenvalue weighted by molar-refractivity contribution is 0.328. The average molecular weight is 269 g/mol. The summed E-state index contributed by atoms with van der Waals surface area (Å²) in [6.07, 6.45) is 0. The molecule has 0 radical (unpaired) electrons. The van der Waals surface area contributed by atoms with E-state index in [9.17, 15) is 8.42 Å². The highest BCUT2D eigenvalue weighted by atomic mass is 32.2. The minimum absolute atomic E-state index is 0.386. The molecule has 1 unspecified atom stereocenters. The number of nitrogens with two attached hydrogens (primary N) is 1. The number of nitrogens with zero attached hydrogens (tertiary/aromatic N) is 1. The molecule has 1 rings (SSSR count). The van der Waals surface area contributed by atoms with E-state index in [4.69, 9.17) is 15.7 Å². The molecular weight excluding hydrogens is 254 g/mol. The van der Waals surface area contributed by atoms with E-state index in [-0.39, 0.29) is 0 Å². The Hall–Kier alpha value is -1.78. The van der Waals surface area contributed by atoms with Gasteiger partial charge in [0.15, 0.2) is 5.25 Å². The van der Waals surface area contributed by atoms with Crippen LogP contribution < -0.4 is 15.2 Å². The van der Waals surface area contributed by atoms with Crippen LogP contribution in [-0.4, -0.2) is 26.8 Å². The predicted octanol–water partition coefficient (Wildman–Crippen LogP) is 0.678. The Morgan fingerprint density at radius 2 is 2.06 bits per heavy atom. The van der Waals surface area contributed by atoms with Crippen molar-refractivity contribution in [1.29, 1.82) is 5.26 Å². The van der Waals surface area contributed by atoms with Crippen LogP contribution in [0.2, 0.25) is 0 Å². The summed E-state index contributed by atoms with van der Waals surface area (Å²) in [5.74, 6) is 0.608. The Morgan fingerprint density at radius 1 is 1.44 bits per heavy atom. The van der Waals surface area contributed by atoms with Crippen LogP contribution in [0.15, 0.2) is 24.3 Å². The van der Waals surface area contributed by atoms with Crippen molar-refractivity contribution in [3.05, 3.63) is 24.3 Å². The van der Waals surface area contributed by atoms with E-state index in [1.807, 2.05) is 0 Å². The van der Waals surface area contributed by atoms with Crippen LogP contribution >= 0.6 is 0 Å². The summed E-state index contributed by atoms with van der Waals surface area (Å²) in [7, 11) is -3.67. The molecule has 98 valence electrons. The molecule has 0 amide bonds. The van der Waals surface area contributed by atoms with Gasteiger partial charge in [-0.15, -0.1) is 0 Å². The molecule has 7 heteroatoms. The van der Waals surface area contributed by atoms with Gasteiger partial charge in [0, 0.05) is 12.2 Å². The number of sulfonamides is 1. The molecule has 0 saturated carbocycles. The summed E-state index contributed by atoms with van der Waals surface area (Å²) in [5, 5.41) is 7.48. The zero-order chi connectivity index (χ0) is 13.6. The van der Waals surface area contributed by atoms with Crippen molar-refractivity contribution in [3.63, 3.8) is 0 Å². The first-order chi connectivity index (χ1) is 8.49. The van der Waals surface area contributed by atoms with Crippen LogP contribution in [-0.2, 0) is 10.0 Å². The van der Waals surface area contributed by atoms with Crippen LogP contribution in [0.25, 0.3) is 0 Å². The Bertz CT molecular complexity index is 519. The fourth-order valence-electron chi connectivity index (χ4n) is 1.12. The lowest BCUT2D eigenvalue weighted by atomic mass is 10.3. The van der Waals surface area contributed by atoms with Crippen molar-refractivity contribution < 1.29 is 13.2 Å². The van der Waals surface area contributed by atoms with Gasteiger partial charge < -0.3 is 10.5 Å². The molecule has 1 atom stereocenters. The average Bonchev–Trinajstić information content (AvgIpc) is 2.36. The van der Waals surface area contributed by atoms with Crippen molar-refractivity contribution in [2.75, 3.05) is 17.9 Å². The highest BCUT2D eigenvalue weighted by Gasteiger charge is 2.19. The number of anilines is 1. The predicted molar refractivity (Wildman–Crippen MR) is 68.6 cm³/mol. The summed E-state index contributed by atoms with van der Waals surface area (Å²) >= 11 is 0. The lowest BCUT2D eigenvalue weighted by Gasteiger charge is -2.10. The molecule has 1 aromatic rings. The van der Waals surface area contributed by atoms with E-state index in [0.717, 1.165) is 0 Å². The Morgan fingerprint density at radius 3 is 2.56 bits per heavy atom. The first-order valence-corrected chi connectivity index (χ1v) is 6.88. The number of rotatable bonds is 6. The van der Waals surface area contributed by atoms with Gasteiger partial charge in [0.25, 0.3) is 0 Å². The van der Waals surface area contributed by atoms with Crippen LogP contribution in [0.1, 0.15) is 6.92 Å². The van der Waals surface area contributed by atoms with E-state index in [1.165, 1.54) is 6.92 Å². The number of hydrogen-bond acceptors (Lipinski definition) is 5. The fourth-order valence-corrected chi connectivity index (χ4v) is 1.90. The maximum atomic E-state index is 11.6. The molecular formula is C11H15N3O3S. The molecule has 6 nitrogen and oxygen atoms in total. The number of hydrogen-bond donors (Lipinski definition) is 2. The van der Waals surface area contributed by atoms with Crippen LogP contribution in [0.5, 0.6) is 5.75 Å². The van der Waals surface area contributed by atoms with Crippen molar-refractivity contribution >= 4 is 15.7 Å². The first-order valence-electron chi connectivity index (χ1n) is 5.34. The molecule has 1 aromatic carbocycles. The smallest absolute Gasteiger partial charge is 0.248 e. The van der Waals surface area contributed by atoms with Crippen LogP contribution in [0.4, 0.5) is 5.69 Å². The quantitative estimate of drug-likeness (QED) is 0.790. The molecule has 3 N–H and O–H groups in total. The van der Waals surface area contributed by atoms with Gasteiger partial charge in [0.2, 0.25) is 10.0 Å². The Kier molecular flexibility index (Phi) is 4.95. The second-order valence-corrected chi connectivity index (χ2v) is 5.58. The standard InChI is InChI=1S/C11H15N3O3S/c1-9(8-13)18(15,16)14-10-2-4-11(5-3-10)17-7-6-12/h2-5,9,14H,6-7,12H2,1H3. The minimum Gasteiger partial charge on any atom is -0.492 e. The molecule has 0 aromatic heterocycles. The molecule has 0 bridgehead atoms. The molecule has 0 heterocycles. The molecule has 0 aliphatic carbocycles. The summed E-state index contributed by atoms with van der Waals surface area (Å²) < 4.78 is 30.8. The van der Waals surface area contributed by atoms with E-state index in [0.29, 0.717) is 24.6 Å². The van der Waals surface area contributed by atoms with Gasteiger partial charge in [-0.25, -0.2) is 8.42 Å². The van der Waals surface area contributed by atoms with Crippen molar-refractivity contribution in [2.45, 2.75) is 12.2 Å². The highest BCUT2D eigenvalue weighted by molar-refractivity contribution is 7.93. The van der Waals surface area contributed by atoms with E-state index < -0.39 is 15.3 Å². The van der Waals surface area contributed by atoms with Gasteiger partial charge in [0.1, 0.15) is 12.4 Å². The van der Waals surface area contributed by atoms with Gasteiger partial charge in [-0.2, -0.15) is 5.26 Å². The van der Waals surface area contributed by atoms with Gasteiger partial charge in [0.05, 0.1) is 6.07 Å². The van der Waals surface area contributed by atoms with Crippen LogP contribution in [0, 0.1) is 11.3 Å². The Labute approximate surface area is 106 Å². The summed E-state index contributed by atoms with van der Waals surface area (Å²) in [6.45, 7) is 2.13. The van der Waals surface area contributed by atoms with E-state index in [1.54, 1.807) is 30.3 Å². The molecule has 0 fully saturated rings. The molecule has 0 saturated heterocycles. The largest absolute Gasteiger partial charge is 0.492 e. The molecule has 18 heavy (non-hydrogen) atoms. The van der Waals surface area contributed by atoms with Gasteiger partial charge in [-0.05, 0) is 31.2 Å².